The maximum absolute atomic E-state index is 12.3. The molecule has 9 nitrogen and oxygen atoms in total. The Labute approximate surface area is 138 Å². The van der Waals surface area contributed by atoms with Crippen molar-refractivity contribution in [1.82, 2.24) is 29.8 Å². The molecule has 0 saturated carbocycles. The van der Waals surface area contributed by atoms with E-state index in [2.05, 4.69) is 25.5 Å². The summed E-state index contributed by atoms with van der Waals surface area (Å²) in [5.41, 5.74) is 2.24. The largest absolute Gasteiger partial charge is 0.361 e. The number of nitrogens with zero attached hydrogens (tertiary/aromatic N) is 6. The van der Waals surface area contributed by atoms with Crippen molar-refractivity contribution in [2.75, 3.05) is 12.4 Å². The summed E-state index contributed by atoms with van der Waals surface area (Å²) in [6.07, 6.45) is 6.44. The summed E-state index contributed by atoms with van der Waals surface area (Å²) in [4.78, 5) is 22.0. The maximum Gasteiger partial charge on any atom is 0.321 e. The first-order valence-electron chi connectivity index (χ1n) is 7.30. The molecule has 9 heteroatoms. The van der Waals surface area contributed by atoms with E-state index in [1.54, 1.807) is 36.6 Å². The quantitative estimate of drug-likeness (QED) is 0.785. The lowest BCUT2D eigenvalue weighted by atomic mass is 10.2. The molecule has 0 aliphatic carbocycles. The van der Waals surface area contributed by atoms with Gasteiger partial charge in [-0.25, -0.2) is 19.4 Å². The van der Waals surface area contributed by atoms with E-state index in [-0.39, 0.29) is 6.03 Å². The number of carbonyl (C=O) groups is 1. The first kappa shape index (κ1) is 15.7. The van der Waals surface area contributed by atoms with Gasteiger partial charge in [0.05, 0.1) is 30.3 Å². The number of urea groups is 1. The fourth-order valence-corrected chi connectivity index (χ4v) is 2.16. The molecule has 3 aromatic rings. The molecular weight excluding hydrogens is 310 g/mol. The Morgan fingerprint density at radius 3 is 2.75 bits per heavy atom. The van der Waals surface area contributed by atoms with E-state index in [0.717, 1.165) is 11.3 Å². The van der Waals surface area contributed by atoms with Gasteiger partial charge in [0.2, 0.25) is 5.95 Å². The van der Waals surface area contributed by atoms with Crippen molar-refractivity contribution in [3.05, 3.63) is 47.9 Å². The van der Waals surface area contributed by atoms with Crippen LogP contribution in [0.1, 0.15) is 17.0 Å². The number of rotatable bonds is 4. The highest BCUT2D eigenvalue weighted by molar-refractivity contribution is 5.88. The predicted octanol–water partition coefficient (Wildman–Crippen LogP) is 1.93. The molecule has 3 aromatic heterocycles. The van der Waals surface area contributed by atoms with Crippen LogP contribution < -0.4 is 5.32 Å². The molecule has 0 fully saturated rings. The molecule has 0 bridgehead atoms. The molecule has 0 aliphatic rings. The van der Waals surface area contributed by atoms with Crippen LogP contribution in [0.25, 0.3) is 5.95 Å². The molecule has 0 atom stereocenters. The molecule has 3 heterocycles. The third-order valence-electron chi connectivity index (χ3n) is 3.51. The molecule has 0 aromatic carbocycles. The second kappa shape index (κ2) is 6.49. The van der Waals surface area contributed by atoms with Gasteiger partial charge in [-0.1, -0.05) is 5.16 Å². The fraction of sp³-hybridized carbons (Fsp3) is 0.267. The van der Waals surface area contributed by atoms with Gasteiger partial charge in [-0.3, -0.25) is 0 Å². The van der Waals surface area contributed by atoms with Gasteiger partial charge >= 0.3 is 6.03 Å². The second-order valence-electron chi connectivity index (χ2n) is 5.31. The highest BCUT2D eigenvalue weighted by Crippen LogP contribution is 2.15. The number of hydrogen-bond acceptors (Lipinski definition) is 6. The lowest BCUT2D eigenvalue weighted by Crippen LogP contribution is -2.31. The molecule has 0 saturated heterocycles. The molecule has 1 N–H and O–H groups in total. The number of hydrogen-bond donors (Lipinski definition) is 1. The molecule has 24 heavy (non-hydrogen) atoms. The average molecular weight is 327 g/mol. The van der Waals surface area contributed by atoms with E-state index in [4.69, 9.17) is 4.52 Å². The Kier molecular flexibility index (Phi) is 4.23. The number of aryl methyl sites for hydroxylation is 2. The zero-order valence-electron chi connectivity index (χ0n) is 13.6. The van der Waals surface area contributed by atoms with Gasteiger partial charge in [0.1, 0.15) is 5.76 Å². The number of anilines is 1. The van der Waals surface area contributed by atoms with Gasteiger partial charge in [-0.2, -0.15) is 5.10 Å². The van der Waals surface area contributed by atoms with Crippen molar-refractivity contribution in [2.45, 2.75) is 20.4 Å². The average Bonchev–Trinajstić information content (AvgIpc) is 3.17. The number of nitrogens with one attached hydrogen (secondary N) is 1. The predicted molar refractivity (Wildman–Crippen MR) is 85.6 cm³/mol. The molecule has 2 amide bonds. The van der Waals surface area contributed by atoms with Crippen molar-refractivity contribution >= 4 is 11.7 Å². The highest BCUT2D eigenvalue weighted by Gasteiger charge is 2.16. The molecular formula is C15H17N7O2. The van der Waals surface area contributed by atoms with Gasteiger partial charge in [0.15, 0.2) is 0 Å². The maximum atomic E-state index is 12.3. The Hall–Kier alpha value is -3.23. The van der Waals surface area contributed by atoms with Gasteiger partial charge in [-0.15, -0.1) is 0 Å². The smallest absolute Gasteiger partial charge is 0.321 e. The van der Waals surface area contributed by atoms with Crippen molar-refractivity contribution in [3.8, 4) is 5.95 Å². The number of aromatic nitrogens is 5. The van der Waals surface area contributed by atoms with Crippen molar-refractivity contribution in [3.63, 3.8) is 0 Å². The molecule has 0 spiro atoms. The highest BCUT2D eigenvalue weighted by atomic mass is 16.5. The zero-order valence-corrected chi connectivity index (χ0v) is 13.6. The normalized spacial score (nSPS) is 10.6. The van der Waals surface area contributed by atoms with Gasteiger partial charge in [0.25, 0.3) is 0 Å². The lowest BCUT2D eigenvalue weighted by Gasteiger charge is -2.17. The summed E-state index contributed by atoms with van der Waals surface area (Å²) in [6.45, 7) is 4.08. The van der Waals surface area contributed by atoms with Crippen LogP contribution in [0.5, 0.6) is 0 Å². The SMILES string of the molecule is Cc1noc(C)c1CN(C)C(=O)Nc1cnn(-c2ncccn2)c1. The van der Waals surface area contributed by atoms with E-state index < -0.39 is 0 Å². The summed E-state index contributed by atoms with van der Waals surface area (Å²) >= 11 is 0. The summed E-state index contributed by atoms with van der Waals surface area (Å²) in [6, 6.07) is 1.46. The van der Waals surface area contributed by atoms with Crippen LogP contribution in [-0.4, -0.2) is 42.9 Å². The third-order valence-corrected chi connectivity index (χ3v) is 3.51. The zero-order chi connectivity index (χ0) is 17.1. The van der Waals surface area contributed by atoms with Crippen molar-refractivity contribution in [1.29, 1.82) is 0 Å². The topological polar surface area (TPSA) is 102 Å². The second-order valence-corrected chi connectivity index (χ2v) is 5.31. The lowest BCUT2D eigenvalue weighted by molar-refractivity contribution is 0.220. The van der Waals surface area contributed by atoms with E-state index in [1.807, 2.05) is 13.8 Å². The van der Waals surface area contributed by atoms with Crippen LogP contribution in [0, 0.1) is 13.8 Å². The monoisotopic (exact) mass is 327 g/mol. The van der Waals surface area contributed by atoms with Gasteiger partial charge < -0.3 is 14.7 Å². The summed E-state index contributed by atoms with van der Waals surface area (Å²) in [5.74, 6) is 1.14. The molecule has 3 rings (SSSR count). The van der Waals surface area contributed by atoms with Gasteiger partial charge in [-0.05, 0) is 19.9 Å². The van der Waals surface area contributed by atoms with Crippen molar-refractivity contribution in [2.24, 2.45) is 0 Å². The Morgan fingerprint density at radius 2 is 2.08 bits per heavy atom. The minimum Gasteiger partial charge on any atom is -0.361 e. The first-order valence-corrected chi connectivity index (χ1v) is 7.30. The van der Waals surface area contributed by atoms with Crippen LogP contribution in [0.3, 0.4) is 0 Å². The van der Waals surface area contributed by atoms with E-state index in [0.29, 0.717) is 23.9 Å². The van der Waals surface area contributed by atoms with Crippen LogP contribution in [0.4, 0.5) is 10.5 Å². The molecule has 0 unspecified atom stereocenters. The molecule has 0 aliphatic heterocycles. The summed E-state index contributed by atoms with van der Waals surface area (Å²) < 4.78 is 6.60. The Bertz CT molecular complexity index is 821. The van der Waals surface area contributed by atoms with E-state index in [9.17, 15) is 4.79 Å². The fourth-order valence-electron chi connectivity index (χ4n) is 2.16. The van der Waals surface area contributed by atoms with Crippen LogP contribution in [-0.2, 0) is 6.54 Å². The minimum absolute atomic E-state index is 0.261. The van der Waals surface area contributed by atoms with E-state index >= 15 is 0 Å². The Balaban J connectivity index is 1.66. The van der Waals surface area contributed by atoms with Gasteiger partial charge in [0, 0.05) is 25.0 Å². The standard InChI is InChI=1S/C15H17N7O2/c1-10-13(11(2)24-20-10)9-21(3)15(23)19-12-7-18-22(8-12)14-16-5-4-6-17-14/h4-8H,9H2,1-3H3,(H,19,23). The number of carbonyl (C=O) groups excluding carboxylic acids is 1. The Morgan fingerprint density at radius 1 is 1.33 bits per heavy atom. The van der Waals surface area contributed by atoms with E-state index in [1.165, 1.54) is 10.9 Å². The minimum atomic E-state index is -0.261. The first-order chi connectivity index (χ1) is 11.5. The van der Waals surface area contributed by atoms with Crippen molar-refractivity contribution < 1.29 is 9.32 Å². The molecule has 124 valence electrons. The summed E-state index contributed by atoms with van der Waals surface area (Å²) in [7, 11) is 1.70. The van der Waals surface area contributed by atoms with Crippen LogP contribution in [0.15, 0.2) is 35.4 Å². The van der Waals surface area contributed by atoms with Crippen LogP contribution in [0.2, 0.25) is 0 Å². The number of amides is 2. The molecule has 0 radical (unpaired) electrons. The summed E-state index contributed by atoms with van der Waals surface area (Å²) in [5, 5.41) is 10.8. The third kappa shape index (κ3) is 3.24. The van der Waals surface area contributed by atoms with Crippen LogP contribution >= 0.6 is 0 Å².